The standard InChI is InChI=1S/C19H28O3/c1-2-17-13-9-6-4-3-5-7-12-16-22-19(21)15-11-8-10-14-18(17)20/h3-5,7-8,10-11,15,17-18,20H,2,6,9,12-14,16H2,1H3/b4-3-,7-5-,10-8-,15-11-/t17-,18+/m0/s1. The Morgan fingerprint density at radius 1 is 1.14 bits per heavy atom. The highest BCUT2D eigenvalue weighted by Crippen LogP contribution is 2.19. The molecule has 0 aromatic carbocycles. The first-order valence-corrected chi connectivity index (χ1v) is 8.23. The molecule has 0 spiro atoms. The Morgan fingerprint density at radius 3 is 2.64 bits per heavy atom. The molecule has 1 N–H and O–H groups in total. The predicted octanol–water partition coefficient (Wildman–Crippen LogP) is 4.11. The summed E-state index contributed by atoms with van der Waals surface area (Å²) in [6.45, 7) is 2.52. The summed E-state index contributed by atoms with van der Waals surface area (Å²) in [6, 6.07) is 0. The van der Waals surface area contributed by atoms with E-state index in [0.29, 0.717) is 18.9 Å². The highest BCUT2D eigenvalue weighted by atomic mass is 16.5. The fraction of sp³-hybridized carbons (Fsp3) is 0.526. The smallest absolute Gasteiger partial charge is 0.330 e. The summed E-state index contributed by atoms with van der Waals surface area (Å²) in [6.07, 6.45) is 20.1. The van der Waals surface area contributed by atoms with Gasteiger partial charge in [0.15, 0.2) is 0 Å². The third-order valence-corrected chi connectivity index (χ3v) is 3.78. The van der Waals surface area contributed by atoms with Gasteiger partial charge in [0.25, 0.3) is 0 Å². The van der Waals surface area contributed by atoms with Crippen LogP contribution in [-0.4, -0.2) is 23.8 Å². The molecule has 122 valence electrons. The summed E-state index contributed by atoms with van der Waals surface area (Å²) in [7, 11) is 0. The summed E-state index contributed by atoms with van der Waals surface area (Å²) in [5.74, 6) is 0.00288. The van der Waals surface area contributed by atoms with Crippen LogP contribution in [0.15, 0.2) is 48.6 Å². The third-order valence-electron chi connectivity index (χ3n) is 3.78. The molecule has 2 atom stereocenters. The van der Waals surface area contributed by atoms with Gasteiger partial charge in [-0.15, -0.1) is 0 Å². The number of rotatable bonds is 1. The minimum Gasteiger partial charge on any atom is -0.462 e. The first-order chi connectivity index (χ1) is 10.7. The van der Waals surface area contributed by atoms with Gasteiger partial charge in [0, 0.05) is 6.08 Å². The van der Waals surface area contributed by atoms with Gasteiger partial charge in [0.1, 0.15) is 0 Å². The number of allylic oxidation sites excluding steroid dienone is 5. The van der Waals surface area contributed by atoms with Crippen LogP contribution < -0.4 is 0 Å². The summed E-state index contributed by atoms with van der Waals surface area (Å²) < 4.78 is 5.06. The van der Waals surface area contributed by atoms with Gasteiger partial charge in [-0.05, 0) is 38.0 Å². The Balaban J connectivity index is 2.59. The maximum Gasteiger partial charge on any atom is 0.330 e. The van der Waals surface area contributed by atoms with E-state index in [0.717, 1.165) is 32.1 Å². The zero-order chi connectivity index (χ0) is 16.0. The lowest BCUT2D eigenvalue weighted by Crippen LogP contribution is -2.19. The molecule has 0 amide bonds. The predicted molar refractivity (Wildman–Crippen MR) is 90.4 cm³/mol. The van der Waals surface area contributed by atoms with Crippen molar-refractivity contribution in [1.29, 1.82) is 0 Å². The van der Waals surface area contributed by atoms with E-state index in [4.69, 9.17) is 4.74 Å². The van der Waals surface area contributed by atoms with E-state index in [-0.39, 0.29) is 12.1 Å². The van der Waals surface area contributed by atoms with E-state index in [9.17, 15) is 9.90 Å². The Hall–Kier alpha value is -1.61. The Morgan fingerprint density at radius 2 is 1.86 bits per heavy atom. The number of carbonyl (C=O) groups excluding carboxylic acids is 1. The van der Waals surface area contributed by atoms with E-state index < -0.39 is 0 Å². The topological polar surface area (TPSA) is 46.5 Å². The van der Waals surface area contributed by atoms with E-state index in [2.05, 4.69) is 13.0 Å². The molecule has 1 rings (SSSR count). The van der Waals surface area contributed by atoms with Gasteiger partial charge in [-0.25, -0.2) is 4.79 Å². The molecule has 0 saturated carbocycles. The lowest BCUT2D eigenvalue weighted by molar-refractivity contribution is -0.137. The fourth-order valence-corrected chi connectivity index (χ4v) is 2.41. The quantitative estimate of drug-likeness (QED) is 0.742. The van der Waals surface area contributed by atoms with Crippen molar-refractivity contribution in [1.82, 2.24) is 0 Å². The highest BCUT2D eigenvalue weighted by molar-refractivity contribution is 5.82. The number of carbonyl (C=O) groups is 1. The molecule has 0 fully saturated rings. The summed E-state index contributed by atoms with van der Waals surface area (Å²) in [5, 5.41) is 10.2. The van der Waals surface area contributed by atoms with Gasteiger partial charge < -0.3 is 9.84 Å². The number of hydrogen-bond acceptors (Lipinski definition) is 3. The van der Waals surface area contributed by atoms with Crippen molar-refractivity contribution in [2.24, 2.45) is 5.92 Å². The van der Waals surface area contributed by atoms with E-state index in [1.165, 1.54) is 6.08 Å². The van der Waals surface area contributed by atoms with Crippen LogP contribution in [0, 0.1) is 5.92 Å². The molecule has 0 unspecified atom stereocenters. The van der Waals surface area contributed by atoms with Crippen molar-refractivity contribution in [3.63, 3.8) is 0 Å². The number of cyclic esters (lactones) is 1. The van der Waals surface area contributed by atoms with Crippen LogP contribution in [0.3, 0.4) is 0 Å². The second-order valence-corrected chi connectivity index (χ2v) is 5.50. The number of ether oxygens (including phenoxy) is 1. The molecule has 1 aliphatic heterocycles. The van der Waals surface area contributed by atoms with Crippen LogP contribution in [-0.2, 0) is 9.53 Å². The molecule has 1 aliphatic rings. The molecule has 0 bridgehead atoms. The van der Waals surface area contributed by atoms with Gasteiger partial charge in [-0.3, -0.25) is 0 Å². The van der Waals surface area contributed by atoms with Crippen LogP contribution >= 0.6 is 0 Å². The van der Waals surface area contributed by atoms with Crippen molar-refractivity contribution in [2.45, 2.75) is 51.6 Å². The molecule has 22 heavy (non-hydrogen) atoms. The minimum absolute atomic E-state index is 0.315. The Labute approximate surface area is 134 Å². The van der Waals surface area contributed by atoms with Crippen LogP contribution in [0.4, 0.5) is 0 Å². The SMILES string of the molecule is CC[C@H]1CCC/C=C\C=C/CCOC(=O)/C=C\C=C/C[C@H]1O. The molecule has 0 aliphatic carbocycles. The van der Waals surface area contributed by atoms with Crippen molar-refractivity contribution < 1.29 is 14.6 Å². The number of esters is 1. The zero-order valence-corrected chi connectivity index (χ0v) is 13.5. The van der Waals surface area contributed by atoms with Crippen molar-refractivity contribution in [2.75, 3.05) is 6.61 Å². The van der Waals surface area contributed by atoms with Gasteiger partial charge in [-0.2, -0.15) is 0 Å². The van der Waals surface area contributed by atoms with E-state index in [1.54, 1.807) is 12.2 Å². The molecule has 3 nitrogen and oxygen atoms in total. The normalized spacial score (nSPS) is 31.3. The second kappa shape index (κ2) is 12.0. The summed E-state index contributed by atoms with van der Waals surface area (Å²) in [5.41, 5.74) is 0. The molecule has 0 aromatic rings. The third kappa shape index (κ3) is 8.63. The Kier molecular flexibility index (Phi) is 10.0. The Bertz CT molecular complexity index is 418. The molecule has 0 aromatic heterocycles. The van der Waals surface area contributed by atoms with Gasteiger partial charge in [0.2, 0.25) is 0 Å². The highest BCUT2D eigenvalue weighted by Gasteiger charge is 2.15. The molecule has 1 heterocycles. The second-order valence-electron chi connectivity index (χ2n) is 5.50. The number of hydrogen-bond donors (Lipinski definition) is 1. The van der Waals surface area contributed by atoms with Crippen molar-refractivity contribution in [3.05, 3.63) is 48.6 Å². The maximum absolute atomic E-state index is 11.4. The van der Waals surface area contributed by atoms with Crippen LogP contribution in [0.1, 0.15) is 45.4 Å². The van der Waals surface area contributed by atoms with Crippen LogP contribution in [0.25, 0.3) is 0 Å². The van der Waals surface area contributed by atoms with Gasteiger partial charge >= 0.3 is 5.97 Å². The van der Waals surface area contributed by atoms with Crippen molar-refractivity contribution >= 4 is 5.97 Å². The van der Waals surface area contributed by atoms with Crippen molar-refractivity contribution in [3.8, 4) is 0 Å². The minimum atomic E-state index is -0.332. The molecule has 3 heteroatoms. The first kappa shape index (κ1) is 18.4. The maximum atomic E-state index is 11.4. The molecular weight excluding hydrogens is 276 g/mol. The van der Waals surface area contributed by atoms with Gasteiger partial charge in [0.05, 0.1) is 12.7 Å². The number of aliphatic hydroxyl groups is 1. The molecule has 0 radical (unpaired) electrons. The fourth-order valence-electron chi connectivity index (χ4n) is 2.41. The monoisotopic (exact) mass is 304 g/mol. The largest absolute Gasteiger partial charge is 0.462 e. The average molecular weight is 304 g/mol. The molecular formula is C19H28O3. The van der Waals surface area contributed by atoms with E-state index >= 15 is 0 Å². The molecule has 0 saturated heterocycles. The average Bonchev–Trinajstić information content (AvgIpc) is 2.51. The summed E-state index contributed by atoms with van der Waals surface area (Å²) in [4.78, 5) is 11.4. The zero-order valence-electron chi connectivity index (χ0n) is 13.5. The lowest BCUT2D eigenvalue weighted by Gasteiger charge is -2.20. The lowest BCUT2D eigenvalue weighted by atomic mass is 9.91. The van der Waals surface area contributed by atoms with Gasteiger partial charge in [-0.1, -0.05) is 55.9 Å². The van der Waals surface area contributed by atoms with Crippen LogP contribution in [0.5, 0.6) is 0 Å². The van der Waals surface area contributed by atoms with Crippen LogP contribution in [0.2, 0.25) is 0 Å². The number of aliphatic hydroxyl groups excluding tert-OH is 1. The first-order valence-electron chi connectivity index (χ1n) is 8.23. The summed E-state index contributed by atoms with van der Waals surface area (Å²) >= 11 is 0. The van der Waals surface area contributed by atoms with E-state index in [1.807, 2.05) is 24.3 Å².